The Morgan fingerprint density at radius 2 is 1.40 bits per heavy atom. The molecule has 0 radical (unpaired) electrons. The zero-order chi connectivity index (χ0) is 30.3. The van der Waals surface area contributed by atoms with Crippen molar-refractivity contribution in [1.29, 1.82) is 0 Å². The second-order valence-corrected chi connectivity index (χ2v) is 13.0. The standard InChI is InChI=1S/C39H31N4S2/c1-3-42-26(24-30(28-16-5-9-20-34(28)42)38-40-32-18-7-11-22-36(32)44-38)14-13-15-27-25-31(29-17-6-10-21-35(29)43(27)4-2)39-41-33-19-8-12-23-37(33)45-39/h5-25H,3-4H2,1-2H3/q+1. The molecule has 218 valence electrons. The average Bonchev–Trinajstić information content (AvgIpc) is 3.72. The van der Waals surface area contributed by atoms with Crippen molar-refractivity contribution in [2.24, 2.45) is 0 Å². The first-order valence-electron chi connectivity index (χ1n) is 15.4. The summed E-state index contributed by atoms with van der Waals surface area (Å²) < 4.78 is 4.80. The molecular formula is C39H31N4S2+. The molecule has 45 heavy (non-hydrogen) atoms. The molecule has 0 amide bonds. The van der Waals surface area contributed by atoms with Crippen LogP contribution < -0.4 is 9.47 Å². The number of benzene rings is 4. The summed E-state index contributed by atoms with van der Waals surface area (Å²) in [7, 11) is 0. The van der Waals surface area contributed by atoms with E-state index in [1.165, 1.54) is 42.7 Å². The summed E-state index contributed by atoms with van der Waals surface area (Å²) >= 11 is 3.51. The highest BCUT2D eigenvalue weighted by atomic mass is 32.1. The Morgan fingerprint density at radius 1 is 0.733 bits per heavy atom. The first-order valence-corrected chi connectivity index (χ1v) is 17.0. The fraction of sp³-hybridized carbons (Fsp3) is 0.103. The van der Waals surface area contributed by atoms with Crippen LogP contribution >= 0.6 is 22.7 Å². The van der Waals surface area contributed by atoms with E-state index >= 15 is 0 Å². The summed E-state index contributed by atoms with van der Waals surface area (Å²) in [5, 5.41) is 3.32. The Morgan fingerprint density at radius 3 is 2.16 bits per heavy atom. The van der Waals surface area contributed by atoms with Crippen LogP contribution in [0.15, 0.2) is 127 Å². The van der Waals surface area contributed by atoms with Gasteiger partial charge in [0.2, 0.25) is 11.2 Å². The number of anilines is 1. The van der Waals surface area contributed by atoms with Crippen molar-refractivity contribution in [3.8, 4) is 10.6 Å². The van der Waals surface area contributed by atoms with Crippen LogP contribution in [-0.2, 0) is 6.54 Å². The van der Waals surface area contributed by atoms with E-state index < -0.39 is 0 Å². The van der Waals surface area contributed by atoms with E-state index in [2.05, 4.69) is 151 Å². The molecule has 0 aliphatic carbocycles. The molecule has 1 aliphatic rings. The van der Waals surface area contributed by atoms with E-state index in [-0.39, 0.29) is 0 Å². The van der Waals surface area contributed by atoms with Gasteiger partial charge in [-0.25, -0.2) is 9.97 Å². The van der Waals surface area contributed by atoms with Gasteiger partial charge in [-0.15, -0.1) is 22.7 Å². The molecule has 0 unspecified atom stereocenters. The van der Waals surface area contributed by atoms with E-state index in [4.69, 9.17) is 9.97 Å². The van der Waals surface area contributed by atoms with Gasteiger partial charge in [-0.1, -0.05) is 60.7 Å². The minimum absolute atomic E-state index is 0.868. The third kappa shape index (κ3) is 4.87. The lowest BCUT2D eigenvalue weighted by Gasteiger charge is -2.31. The van der Waals surface area contributed by atoms with Gasteiger partial charge in [0.15, 0.2) is 0 Å². The molecule has 0 saturated heterocycles. The number of fused-ring (bicyclic) bond motifs is 4. The average molecular weight is 620 g/mol. The lowest BCUT2D eigenvalue weighted by atomic mass is 9.97. The third-order valence-corrected chi connectivity index (χ3v) is 10.5. The maximum absolute atomic E-state index is 5.03. The second kappa shape index (κ2) is 11.5. The molecule has 4 nitrogen and oxygen atoms in total. The summed E-state index contributed by atoms with van der Waals surface area (Å²) in [5.74, 6) is 0. The topological polar surface area (TPSA) is 32.9 Å². The van der Waals surface area contributed by atoms with Crippen molar-refractivity contribution < 1.29 is 4.57 Å². The minimum atomic E-state index is 0.868. The van der Waals surface area contributed by atoms with Crippen LogP contribution in [-0.4, -0.2) is 16.5 Å². The smallest absolute Gasteiger partial charge is 0.213 e. The quantitative estimate of drug-likeness (QED) is 0.174. The van der Waals surface area contributed by atoms with E-state index in [9.17, 15) is 0 Å². The van der Waals surface area contributed by atoms with Gasteiger partial charge in [0.1, 0.15) is 16.6 Å². The van der Waals surface area contributed by atoms with E-state index in [0.717, 1.165) is 45.5 Å². The summed E-state index contributed by atoms with van der Waals surface area (Å²) in [6, 6.07) is 36.4. The van der Waals surface area contributed by atoms with Crippen LogP contribution in [0.4, 0.5) is 5.69 Å². The number of para-hydroxylation sites is 4. The number of rotatable bonds is 6. The number of thiazole rings is 2. The van der Waals surface area contributed by atoms with Gasteiger partial charge in [-0.2, -0.15) is 4.57 Å². The molecule has 4 aromatic carbocycles. The lowest BCUT2D eigenvalue weighted by Crippen LogP contribution is -2.36. The molecule has 0 atom stereocenters. The van der Waals surface area contributed by atoms with Gasteiger partial charge in [-0.05, 0) is 62.4 Å². The van der Waals surface area contributed by atoms with Crippen LogP contribution in [0.1, 0.15) is 30.1 Å². The molecule has 8 rings (SSSR count). The molecule has 0 N–H and O–H groups in total. The second-order valence-electron chi connectivity index (χ2n) is 11.0. The van der Waals surface area contributed by atoms with E-state index in [1.807, 2.05) is 0 Å². The lowest BCUT2D eigenvalue weighted by molar-refractivity contribution is -0.669. The van der Waals surface area contributed by atoms with Crippen LogP contribution in [0.2, 0.25) is 0 Å². The van der Waals surface area contributed by atoms with Crippen molar-refractivity contribution in [2.75, 3.05) is 11.4 Å². The Kier molecular flexibility index (Phi) is 7.09. The van der Waals surface area contributed by atoms with Crippen molar-refractivity contribution in [2.45, 2.75) is 20.4 Å². The van der Waals surface area contributed by atoms with Crippen LogP contribution in [0.5, 0.6) is 0 Å². The van der Waals surface area contributed by atoms with Gasteiger partial charge in [0, 0.05) is 52.8 Å². The Balaban J connectivity index is 1.25. The molecule has 0 fully saturated rings. The van der Waals surface area contributed by atoms with Crippen LogP contribution in [0.3, 0.4) is 0 Å². The molecule has 0 bridgehead atoms. The maximum Gasteiger partial charge on any atom is 0.213 e. The number of aryl methyl sites for hydroxylation is 1. The fourth-order valence-electron chi connectivity index (χ4n) is 6.31. The Bertz CT molecular complexity index is 2260. The van der Waals surface area contributed by atoms with Crippen LogP contribution in [0.25, 0.3) is 53.6 Å². The molecule has 0 spiro atoms. The zero-order valence-corrected chi connectivity index (χ0v) is 26.8. The highest BCUT2D eigenvalue weighted by Gasteiger charge is 2.24. The third-order valence-electron chi connectivity index (χ3n) is 8.39. The van der Waals surface area contributed by atoms with Crippen molar-refractivity contribution >= 4 is 71.3 Å². The Hall–Kier alpha value is -4.91. The van der Waals surface area contributed by atoms with Gasteiger partial charge >= 0.3 is 0 Å². The van der Waals surface area contributed by atoms with Gasteiger partial charge in [0.25, 0.3) is 0 Å². The normalized spacial score (nSPS) is 14.2. The van der Waals surface area contributed by atoms with Gasteiger partial charge < -0.3 is 4.90 Å². The molecule has 0 saturated carbocycles. The largest absolute Gasteiger partial charge is 0.341 e. The van der Waals surface area contributed by atoms with Crippen molar-refractivity contribution in [3.05, 3.63) is 143 Å². The van der Waals surface area contributed by atoms with E-state index in [1.54, 1.807) is 22.7 Å². The number of likely N-dealkylation sites (N-methyl/N-ethyl adjacent to an activating group) is 1. The number of nitrogens with zero attached hydrogens (tertiary/aromatic N) is 4. The summed E-state index contributed by atoms with van der Waals surface area (Å²) in [6.45, 7) is 6.16. The molecule has 7 aromatic rings. The SMILES string of the molecule is CCN1C(=CC=Cc2cc(-c3nc4ccccc4s3)c3ccccc3[n+]2CC)C=C(c2nc3ccccc3s2)c2ccccc21. The van der Waals surface area contributed by atoms with Crippen molar-refractivity contribution in [1.82, 2.24) is 9.97 Å². The summed E-state index contributed by atoms with van der Waals surface area (Å²) in [4.78, 5) is 12.5. The molecule has 4 heterocycles. The number of aromatic nitrogens is 3. The molecule has 1 aliphatic heterocycles. The first kappa shape index (κ1) is 27.6. The van der Waals surface area contributed by atoms with Gasteiger partial charge in [-0.3, -0.25) is 0 Å². The number of allylic oxidation sites excluding steroid dienone is 3. The zero-order valence-electron chi connectivity index (χ0n) is 25.1. The molecule has 6 heteroatoms. The predicted octanol–water partition coefficient (Wildman–Crippen LogP) is 9.90. The molecular weight excluding hydrogens is 589 g/mol. The molecule has 3 aromatic heterocycles. The monoisotopic (exact) mass is 619 g/mol. The van der Waals surface area contributed by atoms with Crippen LogP contribution in [0, 0.1) is 0 Å². The highest BCUT2D eigenvalue weighted by molar-refractivity contribution is 7.21. The predicted molar refractivity (Wildman–Crippen MR) is 192 cm³/mol. The number of pyridine rings is 1. The first-order chi connectivity index (χ1) is 22.2. The Labute approximate surface area is 270 Å². The summed E-state index contributed by atoms with van der Waals surface area (Å²) in [6.07, 6.45) is 8.96. The highest BCUT2D eigenvalue weighted by Crippen LogP contribution is 2.41. The van der Waals surface area contributed by atoms with E-state index in [0.29, 0.717) is 0 Å². The number of hydrogen-bond acceptors (Lipinski definition) is 5. The summed E-state index contributed by atoms with van der Waals surface area (Å²) in [5.41, 5.74) is 10.4. The van der Waals surface area contributed by atoms with Crippen molar-refractivity contribution in [3.63, 3.8) is 0 Å². The van der Waals surface area contributed by atoms with Gasteiger partial charge in [0.05, 0.1) is 25.8 Å². The maximum atomic E-state index is 5.03. The fourth-order valence-corrected chi connectivity index (χ4v) is 8.31. The minimum Gasteiger partial charge on any atom is -0.341 e. The number of hydrogen-bond donors (Lipinski definition) is 0.